The van der Waals surface area contributed by atoms with E-state index in [2.05, 4.69) is 22.1 Å². The molecule has 2 aromatic rings. The molecule has 2 aliphatic rings. The highest BCUT2D eigenvalue weighted by Gasteiger charge is 2.40. The first-order chi connectivity index (χ1) is 13.7. The topological polar surface area (TPSA) is 69.3 Å². The Morgan fingerprint density at radius 3 is 2.64 bits per heavy atom. The van der Waals surface area contributed by atoms with Gasteiger partial charge >= 0.3 is 0 Å². The summed E-state index contributed by atoms with van der Waals surface area (Å²) in [5.74, 6) is 1.05. The second-order valence-electron chi connectivity index (χ2n) is 7.75. The number of H-pyrrole nitrogens is 1. The molecule has 0 unspecified atom stereocenters. The smallest absolute Gasteiger partial charge is 0.245 e. The first-order valence-corrected chi connectivity index (χ1v) is 10.4. The molecule has 4 rings (SSSR count). The summed E-state index contributed by atoms with van der Waals surface area (Å²) in [6.07, 6.45) is 9.32. The Bertz CT molecular complexity index is 790. The molecular formula is C22H28N4O2. The number of hydrogen-bond acceptors (Lipinski definition) is 3. The average molecular weight is 380 g/mol. The first kappa shape index (κ1) is 18.7. The highest BCUT2D eigenvalue weighted by molar-refractivity contribution is 5.88. The zero-order chi connectivity index (χ0) is 19.3. The van der Waals surface area contributed by atoms with E-state index in [1.54, 1.807) is 12.4 Å². The van der Waals surface area contributed by atoms with E-state index in [0.717, 1.165) is 50.9 Å². The minimum absolute atomic E-state index is 0.0122. The van der Waals surface area contributed by atoms with Crippen LogP contribution in [-0.2, 0) is 16.0 Å². The van der Waals surface area contributed by atoms with E-state index in [4.69, 9.17) is 0 Å². The third-order valence-electron chi connectivity index (χ3n) is 5.93. The SMILES string of the molecule is O=C(CCCc1ccccc1)N1CCC[C@H]1C(=O)N1CCC[C@H]1c1ncc[nH]1. The molecule has 1 aromatic carbocycles. The summed E-state index contributed by atoms with van der Waals surface area (Å²) >= 11 is 0. The molecule has 1 aromatic heterocycles. The van der Waals surface area contributed by atoms with Crippen molar-refractivity contribution in [3.8, 4) is 0 Å². The van der Waals surface area contributed by atoms with E-state index in [-0.39, 0.29) is 23.9 Å². The third kappa shape index (κ3) is 3.96. The molecule has 2 aliphatic heterocycles. The predicted molar refractivity (Wildman–Crippen MR) is 106 cm³/mol. The molecule has 148 valence electrons. The summed E-state index contributed by atoms with van der Waals surface area (Å²) in [5.41, 5.74) is 1.25. The van der Waals surface area contributed by atoms with Gasteiger partial charge in [0.2, 0.25) is 11.8 Å². The van der Waals surface area contributed by atoms with E-state index in [0.29, 0.717) is 13.0 Å². The monoisotopic (exact) mass is 380 g/mol. The van der Waals surface area contributed by atoms with Gasteiger partial charge in [0.15, 0.2) is 0 Å². The fraction of sp³-hybridized carbons (Fsp3) is 0.500. The molecule has 0 radical (unpaired) electrons. The molecule has 0 spiro atoms. The van der Waals surface area contributed by atoms with Crippen LogP contribution in [0.1, 0.15) is 56.0 Å². The van der Waals surface area contributed by atoms with Crippen molar-refractivity contribution in [1.29, 1.82) is 0 Å². The number of carbonyl (C=O) groups is 2. The maximum absolute atomic E-state index is 13.3. The molecular weight excluding hydrogens is 352 g/mol. The third-order valence-corrected chi connectivity index (χ3v) is 5.93. The number of benzene rings is 1. The molecule has 6 nitrogen and oxygen atoms in total. The number of nitrogens with zero attached hydrogens (tertiary/aromatic N) is 3. The van der Waals surface area contributed by atoms with Crippen LogP contribution in [0.15, 0.2) is 42.7 Å². The summed E-state index contributed by atoms with van der Waals surface area (Å²) in [6.45, 7) is 1.44. The number of imidazole rings is 1. The van der Waals surface area contributed by atoms with Crippen molar-refractivity contribution in [3.05, 3.63) is 54.1 Å². The van der Waals surface area contributed by atoms with E-state index in [1.165, 1.54) is 5.56 Å². The Kier molecular flexibility index (Phi) is 5.74. The Morgan fingerprint density at radius 1 is 1.07 bits per heavy atom. The van der Waals surface area contributed by atoms with E-state index in [1.807, 2.05) is 28.0 Å². The number of nitrogens with one attached hydrogen (secondary N) is 1. The van der Waals surface area contributed by atoms with Crippen LogP contribution in [0.4, 0.5) is 0 Å². The molecule has 0 saturated carbocycles. The van der Waals surface area contributed by atoms with Gasteiger partial charge in [-0.15, -0.1) is 0 Å². The predicted octanol–water partition coefficient (Wildman–Crippen LogP) is 3.09. The van der Waals surface area contributed by atoms with Crippen LogP contribution in [0.5, 0.6) is 0 Å². The molecule has 0 aliphatic carbocycles. The van der Waals surface area contributed by atoms with Crippen LogP contribution in [0, 0.1) is 0 Å². The van der Waals surface area contributed by atoms with Gasteiger partial charge < -0.3 is 14.8 Å². The largest absolute Gasteiger partial charge is 0.347 e. The lowest BCUT2D eigenvalue weighted by Crippen LogP contribution is -2.47. The second-order valence-corrected chi connectivity index (χ2v) is 7.75. The number of aryl methyl sites for hydroxylation is 1. The zero-order valence-corrected chi connectivity index (χ0v) is 16.2. The van der Waals surface area contributed by atoms with Crippen molar-refractivity contribution in [3.63, 3.8) is 0 Å². The van der Waals surface area contributed by atoms with E-state index >= 15 is 0 Å². The number of likely N-dealkylation sites (tertiary alicyclic amines) is 2. The van der Waals surface area contributed by atoms with Gasteiger partial charge in [-0.25, -0.2) is 4.98 Å². The van der Waals surface area contributed by atoms with Crippen molar-refractivity contribution >= 4 is 11.8 Å². The van der Waals surface area contributed by atoms with Crippen LogP contribution in [0.3, 0.4) is 0 Å². The summed E-state index contributed by atoms with van der Waals surface area (Å²) in [4.78, 5) is 37.3. The fourth-order valence-electron chi connectivity index (χ4n) is 4.52. The minimum atomic E-state index is -0.306. The summed E-state index contributed by atoms with van der Waals surface area (Å²) < 4.78 is 0. The van der Waals surface area contributed by atoms with Gasteiger partial charge in [-0.2, -0.15) is 0 Å². The van der Waals surface area contributed by atoms with Crippen molar-refractivity contribution in [2.45, 2.75) is 57.0 Å². The van der Waals surface area contributed by atoms with Crippen molar-refractivity contribution in [2.24, 2.45) is 0 Å². The first-order valence-electron chi connectivity index (χ1n) is 10.4. The van der Waals surface area contributed by atoms with Gasteiger partial charge in [0.25, 0.3) is 0 Å². The van der Waals surface area contributed by atoms with E-state index in [9.17, 15) is 9.59 Å². The number of rotatable bonds is 6. The van der Waals surface area contributed by atoms with Gasteiger partial charge in [-0.1, -0.05) is 30.3 Å². The van der Waals surface area contributed by atoms with Crippen LogP contribution in [-0.4, -0.2) is 50.7 Å². The van der Waals surface area contributed by atoms with Gasteiger partial charge in [-0.3, -0.25) is 9.59 Å². The number of aromatic nitrogens is 2. The quantitative estimate of drug-likeness (QED) is 0.837. The molecule has 2 atom stereocenters. The van der Waals surface area contributed by atoms with Crippen molar-refractivity contribution < 1.29 is 9.59 Å². The lowest BCUT2D eigenvalue weighted by molar-refractivity contribution is -0.144. The molecule has 2 amide bonds. The Labute approximate surface area is 165 Å². The summed E-state index contributed by atoms with van der Waals surface area (Å²) in [7, 11) is 0. The van der Waals surface area contributed by atoms with Gasteiger partial charge in [-0.05, 0) is 44.1 Å². The molecule has 0 bridgehead atoms. The Balaban J connectivity index is 1.36. The maximum atomic E-state index is 13.3. The maximum Gasteiger partial charge on any atom is 0.245 e. The van der Waals surface area contributed by atoms with Crippen molar-refractivity contribution in [2.75, 3.05) is 13.1 Å². The number of hydrogen-bond donors (Lipinski definition) is 1. The van der Waals surface area contributed by atoms with Gasteiger partial charge in [0.1, 0.15) is 11.9 Å². The normalized spacial score (nSPS) is 22.0. The molecule has 3 heterocycles. The van der Waals surface area contributed by atoms with Crippen LogP contribution in [0.2, 0.25) is 0 Å². The standard InChI is InChI=1S/C22H28N4O2/c27-20(12-4-9-17-7-2-1-3-8-17)25-15-6-11-19(25)22(28)26-16-5-10-18(26)21-23-13-14-24-21/h1-3,7-8,13-14,18-19H,4-6,9-12,15-16H2,(H,23,24)/t18-,19-/m0/s1. The van der Waals surface area contributed by atoms with Crippen molar-refractivity contribution in [1.82, 2.24) is 19.8 Å². The number of amides is 2. The van der Waals surface area contributed by atoms with Gasteiger partial charge in [0, 0.05) is 31.9 Å². The van der Waals surface area contributed by atoms with Gasteiger partial charge in [0.05, 0.1) is 6.04 Å². The lowest BCUT2D eigenvalue weighted by atomic mass is 10.1. The molecule has 6 heteroatoms. The van der Waals surface area contributed by atoms with E-state index < -0.39 is 0 Å². The summed E-state index contributed by atoms with van der Waals surface area (Å²) in [5, 5.41) is 0. The highest BCUT2D eigenvalue weighted by Crippen LogP contribution is 2.32. The molecule has 28 heavy (non-hydrogen) atoms. The lowest BCUT2D eigenvalue weighted by Gasteiger charge is -2.31. The van der Waals surface area contributed by atoms with Crippen LogP contribution in [0.25, 0.3) is 0 Å². The fourth-order valence-corrected chi connectivity index (χ4v) is 4.52. The highest BCUT2D eigenvalue weighted by atomic mass is 16.2. The van der Waals surface area contributed by atoms with Crippen LogP contribution < -0.4 is 0 Å². The molecule has 2 fully saturated rings. The average Bonchev–Trinajstić information content (AvgIpc) is 3.49. The Hall–Kier alpha value is -2.63. The Morgan fingerprint density at radius 2 is 1.86 bits per heavy atom. The summed E-state index contributed by atoms with van der Waals surface area (Å²) in [6, 6.07) is 9.95. The number of carbonyl (C=O) groups excluding carboxylic acids is 2. The molecule has 2 saturated heterocycles. The zero-order valence-electron chi connectivity index (χ0n) is 16.2. The van der Waals surface area contributed by atoms with Crippen LogP contribution >= 0.6 is 0 Å². The molecule has 1 N–H and O–H groups in total. The second kappa shape index (κ2) is 8.59. The minimum Gasteiger partial charge on any atom is -0.347 e. The number of aromatic amines is 1.